The lowest BCUT2D eigenvalue weighted by molar-refractivity contribution is -0.124. The van der Waals surface area contributed by atoms with E-state index in [1.165, 1.54) is 23.9 Å². The van der Waals surface area contributed by atoms with Crippen LogP contribution in [-0.4, -0.2) is 34.8 Å². The first-order chi connectivity index (χ1) is 11.9. The quantitative estimate of drug-likeness (QED) is 0.826. The second-order valence-electron chi connectivity index (χ2n) is 5.27. The molecule has 8 heteroatoms. The second-order valence-corrected chi connectivity index (χ2v) is 5.27. The normalized spacial score (nSPS) is 11.6. The summed E-state index contributed by atoms with van der Waals surface area (Å²) in [7, 11) is 1.45. The van der Waals surface area contributed by atoms with Gasteiger partial charge in [0.05, 0.1) is 0 Å². The van der Waals surface area contributed by atoms with E-state index in [0.29, 0.717) is 17.9 Å². The number of hydrogen-bond acceptors (Lipinski definition) is 5. The molecule has 0 saturated heterocycles. The van der Waals surface area contributed by atoms with E-state index in [0.717, 1.165) is 0 Å². The molecule has 0 aliphatic carbocycles. The first-order valence-corrected chi connectivity index (χ1v) is 7.77. The van der Waals surface area contributed by atoms with Crippen molar-refractivity contribution in [2.45, 2.75) is 26.5 Å². The van der Waals surface area contributed by atoms with E-state index in [1.807, 2.05) is 0 Å². The van der Waals surface area contributed by atoms with Crippen LogP contribution in [0.4, 0.5) is 11.4 Å². The first-order valence-electron chi connectivity index (χ1n) is 7.77. The van der Waals surface area contributed by atoms with Gasteiger partial charge in [-0.3, -0.25) is 14.4 Å². The Balaban J connectivity index is 2.12. The lowest BCUT2D eigenvalue weighted by atomic mass is 10.2. The van der Waals surface area contributed by atoms with E-state index in [2.05, 4.69) is 15.7 Å². The molecule has 0 spiro atoms. The number of ether oxygens (including phenoxy) is 1. The zero-order valence-electron chi connectivity index (χ0n) is 14.3. The summed E-state index contributed by atoms with van der Waals surface area (Å²) in [6, 6.07) is 9.37. The highest BCUT2D eigenvalue weighted by Gasteiger charge is 2.13. The fourth-order valence-electron chi connectivity index (χ4n) is 2.02. The molecule has 132 valence electrons. The van der Waals surface area contributed by atoms with Crippen molar-refractivity contribution < 1.29 is 14.3 Å². The summed E-state index contributed by atoms with van der Waals surface area (Å²) >= 11 is 0. The average molecular weight is 344 g/mol. The standard InChI is InChI=1S/C17H20N4O4/c1-4-21-15(22)9-8-14(20-21)17(24)19-13-7-5-6-12(10-13)18-16(23)11(2)25-3/h5-11H,4H2,1-3H3,(H,18,23)(H,19,24). The van der Waals surface area contributed by atoms with Crippen LogP contribution >= 0.6 is 0 Å². The minimum Gasteiger partial charge on any atom is -0.372 e. The zero-order valence-corrected chi connectivity index (χ0v) is 14.3. The van der Waals surface area contributed by atoms with Gasteiger partial charge >= 0.3 is 0 Å². The third-order valence-electron chi connectivity index (χ3n) is 3.51. The topological polar surface area (TPSA) is 102 Å². The van der Waals surface area contributed by atoms with Crippen LogP contribution in [0.2, 0.25) is 0 Å². The molecule has 0 saturated carbocycles. The van der Waals surface area contributed by atoms with Crippen molar-refractivity contribution in [2.24, 2.45) is 0 Å². The highest BCUT2D eigenvalue weighted by Crippen LogP contribution is 2.16. The van der Waals surface area contributed by atoms with Gasteiger partial charge in [-0.25, -0.2) is 4.68 Å². The van der Waals surface area contributed by atoms with Gasteiger partial charge in [-0.1, -0.05) is 6.07 Å². The van der Waals surface area contributed by atoms with Crippen LogP contribution in [-0.2, 0) is 16.1 Å². The fraction of sp³-hybridized carbons (Fsp3) is 0.294. The smallest absolute Gasteiger partial charge is 0.276 e. The maximum atomic E-state index is 12.3. The summed E-state index contributed by atoms with van der Waals surface area (Å²) in [6.07, 6.45) is -0.586. The fourth-order valence-corrected chi connectivity index (χ4v) is 2.02. The van der Waals surface area contributed by atoms with Crippen LogP contribution in [0.25, 0.3) is 0 Å². The van der Waals surface area contributed by atoms with Gasteiger partial charge in [0, 0.05) is 31.1 Å². The molecule has 2 amide bonds. The van der Waals surface area contributed by atoms with Crippen molar-refractivity contribution in [1.29, 1.82) is 0 Å². The lowest BCUT2D eigenvalue weighted by Crippen LogP contribution is -2.26. The minimum atomic E-state index is -0.586. The van der Waals surface area contributed by atoms with Crippen molar-refractivity contribution in [3.05, 3.63) is 52.4 Å². The van der Waals surface area contributed by atoms with Crippen molar-refractivity contribution in [3.63, 3.8) is 0 Å². The van der Waals surface area contributed by atoms with E-state index >= 15 is 0 Å². The maximum Gasteiger partial charge on any atom is 0.276 e. The molecule has 8 nitrogen and oxygen atoms in total. The van der Waals surface area contributed by atoms with E-state index in [-0.39, 0.29) is 17.2 Å². The molecular formula is C17H20N4O4. The van der Waals surface area contributed by atoms with Crippen molar-refractivity contribution in [1.82, 2.24) is 9.78 Å². The van der Waals surface area contributed by atoms with Crippen LogP contribution in [0.5, 0.6) is 0 Å². The number of benzene rings is 1. The zero-order chi connectivity index (χ0) is 18.4. The SMILES string of the molecule is CCn1nc(C(=O)Nc2cccc(NC(=O)C(C)OC)c2)ccc1=O. The number of aromatic nitrogens is 2. The number of hydrogen-bond donors (Lipinski definition) is 2. The summed E-state index contributed by atoms with van der Waals surface area (Å²) in [6.45, 7) is 3.78. The molecule has 1 heterocycles. The molecule has 2 rings (SSSR count). The molecule has 1 aromatic heterocycles. The lowest BCUT2D eigenvalue weighted by Gasteiger charge is -2.12. The number of methoxy groups -OCH3 is 1. The predicted octanol–water partition coefficient (Wildman–Crippen LogP) is 1.49. The molecule has 1 atom stereocenters. The van der Waals surface area contributed by atoms with Gasteiger partial charge in [-0.2, -0.15) is 5.10 Å². The van der Waals surface area contributed by atoms with E-state index in [9.17, 15) is 14.4 Å². The summed E-state index contributed by atoms with van der Waals surface area (Å²) in [5.74, 6) is -0.737. The Labute approximate surface area is 144 Å². The van der Waals surface area contributed by atoms with Crippen molar-refractivity contribution in [3.8, 4) is 0 Å². The third-order valence-corrected chi connectivity index (χ3v) is 3.51. The highest BCUT2D eigenvalue weighted by atomic mass is 16.5. The number of nitrogens with one attached hydrogen (secondary N) is 2. The highest BCUT2D eigenvalue weighted by molar-refractivity contribution is 6.03. The Morgan fingerprint density at radius 3 is 2.52 bits per heavy atom. The molecule has 0 radical (unpaired) electrons. The van der Waals surface area contributed by atoms with Crippen LogP contribution < -0.4 is 16.2 Å². The Hall–Kier alpha value is -3.00. The Kier molecular flexibility index (Phi) is 6.02. The molecule has 2 aromatic rings. The average Bonchev–Trinajstić information content (AvgIpc) is 2.61. The second kappa shape index (κ2) is 8.20. The Bertz CT molecular complexity index is 831. The van der Waals surface area contributed by atoms with Gasteiger partial charge in [-0.15, -0.1) is 0 Å². The van der Waals surface area contributed by atoms with Gasteiger partial charge in [0.2, 0.25) is 0 Å². The van der Waals surface area contributed by atoms with Gasteiger partial charge < -0.3 is 15.4 Å². The third kappa shape index (κ3) is 4.74. The largest absolute Gasteiger partial charge is 0.372 e. The van der Waals surface area contributed by atoms with E-state index in [1.54, 1.807) is 38.1 Å². The number of carbonyl (C=O) groups excluding carboxylic acids is 2. The number of rotatable bonds is 6. The molecule has 2 N–H and O–H groups in total. The molecule has 1 unspecified atom stereocenters. The summed E-state index contributed by atoms with van der Waals surface area (Å²) < 4.78 is 6.16. The summed E-state index contributed by atoms with van der Waals surface area (Å²) in [5.41, 5.74) is 0.877. The van der Waals surface area contributed by atoms with Gasteiger partial charge in [0.1, 0.15) is 11.8 Å². The number of amides is 2. The van der Waals surface area contributed by atoms with Crippen LogP contribution in [0.15, 0.2) is 41.2 Å². The van der Waals surface area contributed by atoms with Crippen LogP contribution in [0.3, 0.4) is 0 Å². The maximum absolute atomic E-state index is 12.3. The molecule has 25 heavy (non-hydrogen) atoms. The Morgan fingerprint density at radius 1 is 1.20 bits per heavy atom. The van der Waals surface area contributed by atoms with Gasteiger partial charge in [-0.05, 0) is 38.1 Å². The number of anilines is 2. The minimum absolute atomic E-state index is 0.129. The number of nitrogens with zero attached hydrogens (tertiary/aromatic N) is 2. The van der Waals surface area contributed by atoms with Gasteiger partial charge in [0.15, 0.2) is 0 Å². The molecule has 0 fully saturated rings. The van der Waals surface area contributed by atoms with Crippen molar-refractivity contribution >= 4 is 23.2 Å². The first kappa shape index (κ1) is 18.3. The molecule has 0 aliphatic heterocycles. The molecule has 0 bridgehead atoms. The number of aryl methyl sites for hydroxylation is 1. The van der Waals surface area contributed by atoms with E-state index < -0.39 is 12.0 Å². The van der Waals surface area contributed by atoms with Crippen LogP contribution in [0, 0.1) is 0 Å². The summed E-state index contributed by atoms with van der Waals surface area (Å²) in [4.78, 5) is 35.6. The molecular weight excluding hydrogens is 324 g/mol. The van der Waals surface area contributed by atoms with Crippen LogP contribution in [0.1, 0.15) is 24.3 Å². The number of carbonyl (C=O) groups is 2. The van der Waals surface area contributed by atoms with E-state index in [4.69, 9.17) is 4.74 Å². The summed E-state index contributed by atoms with van der Waals surface area (Å²) in [5, 5.41) is 9.38. The predicted molar refractivity (Wildman–Crippen MR) is 93.7 cm³/mol. The molecule has 1 aromatic carbocycles. The molecule has 0 aliphatic rings. The Morgan fingerprint density at radius 2 is 1.88 bits per heavy atom. The van der Waals surface area contributed by atoms with Crippen molar-refractivity contribution in [2.75, 3.05) is 17.7 Å². The monoisotopic (exact) mass is 344 g/mol. The van der Waals surface area contributed by atoms with Gasteiger partial charge in [0.25, 0.3) is 17.4 Å².